The van der Waals surface area contributed by atoms with Gasteiger partial charge in [0.15, 0.2) is 0 Å². The molecular formula is C23H22FN7O2. The first-order valence-electron chi connectivity index (χ1n) is 10.6. The second-order valence-corrected chi connectivity index (χ2v) is 7.80. The zero-order chi connectivity index (χ0) is 22.8. The van der Waals surface area contributed by atoms with Crippen molar-refractivity contribution >= 4 is 11.6 Å². The summed E-state index contributed by atoms with van der Waals surface area (Å²) in [4.78, 5) is 29.8. The highest BCUT2D eigenvalue weighted by Crippen LogP contribution is 2.22. The van der Waals surface area contributed by atoms with Crippen molar-refractivity contribution in [3.05, 3.63) is 66.6 Å². The average molecular weight is 447 g/mol. The van der Waals surface area contributed by atoms with Gasteiger partial charge in [-0.15, -0.1) is 0 Å². The molecule has 1 amide bonds. The number of aryl methyl sites for hydroxylation is 1. The number of imidazole rings is 1. The van der Waals surface area contributed by atoms with Crippen LogP contribution in [0.5, 0.6) is 0 Å². The third-order valence-corrected chi connectivity index (χ3v) is 5.69. The molecule has 33 heavy (non-hydrogen) atoms. The molecule has 1 fully saturated rings. The summed E-state index contributed by atoms with van der Waals surface area (Å²) in [7, 11) is 0. The van der Waals surface area contributed by atoms with Gasteiger partial charge in [0.2, 0.25) is 11.7 Å². The number of benzene rings is 1. The average Bonchev–Trinajstić information content (AvgIpc) is 3.48. The van der Waals surface area contributed by atoms with Crippen LogP contribution >= 0.6 is 0 Å². The van der Waals surface area contributed by atoms with Gasteiger partial charge in [0.05, 0.1) is 0 Å². The summed E-state index contributed by atoms with van der Waals surface area (Å²) in [5.74, 6) is 1.21. The van der Waals surface area contributed by atoms with Crippen LogP contribution in [0.2, 0.25) is 0 Å². The van der Waals surface area contributed by atoms with Gasteiger partial charge in [-0.2, -0.15) is 4.98 Å². The van der Waals surface area contributed by atoms with E-state index in [1.165, 1.54) is 12.1 Å². The van der Waals surface area contributed by atoms with Crippen molar-refractivity contribution in [2.24, 2.45) is 0 Å². The van der Waals surface area contributed by atoms with Crippen molar-refractivity contribution in [2.45, 2.75) is 13.5 Å². The molecule has 5 rings (SSSR count). The van der Waals surface area contributed by atoms with Crippen LogP contribution in [0.25, 0.3) is 23.0 Å². The minimum Gasteiger partial charge on any atom is -0.368 e. The van der Waals surface area contributed by atoms with Crippen LogP contribution in [-0.2, 0) is 11.3 Å². The van der Waals surface area contributed by atoms with Crippen molar-refractivity contribution in [3.8, 4) is 23.0 Å². The van der Waals surface area contributed by atoms with E-state index in [9.17, 15) is 9.18 Å². The predicted octanol–water partition coefficient (Wildman–Crippen LogP) is 2.79. The number of pyridine rings is 1. The van der Waals surface area contributed by atoms with E-state index in [0.717, 1.165) is 11.3 Å². The van der Waals surface area contributed by atoms with Gasteiger partial charge >= 0.3 is 0 Å². The molecule has 9 nitrogen and oxygen atoms in total. The van der Waals surface area contributed by atoms with Gasteiger partial charge in [-0.25, -0.2) is 9.37 Å². The summed E-state index contributed by atoms with van der Waals surface area (Å²) < 4.78 is 20.3. The van der Waals surface area contributed by atoms with Crippen LogP contribution < -0.4 is 4.90 Å². The number of anilines is 1. The molecule has 0 atom stereocenters. The molecule has 4 aromatic rings. The monoisotopic (exact) mass is 447 g/mol. The zero-order valence-corrected chi connectivity index (χ0v) is 18.1. The lowest BCUT2D eigenvalue weighted by Crippen LogP contribution is -2.49. The maximum absolute atomic E-state index is 13.2. The fourth-order valence-corrected chi connectivity index (χ4v) is 3.83. The summed E-state index contributed by atoms with van der Waals surface area (Å²) in [5.41, 5.74) is 2.28. The molecule has 0 saturated carbocycles. The first kappa shape index (κ1) is 20.8. The lowest BCUT2D eigenvalue weighted by molar-refractivity contribution is -0.132. The Hall–Kier alpha value is -4.08. The zero-order valence-electron chi connectivity index (χ0n) is 18.1. The molecule has 168 valence electrons. The highest BCUT2D eigenvalue weighted by atomic mass is 19.1. The van der Waals surface area contributed by atoms with Gasteiger partial charge < -0.3 is 18.9 Å². The number of amides is 1. The number of rotatable bonds is 5. The van der Waals surface area contributed by atoms with Crippen LogP contribution in [0.1, 0.15) is 5.82 Å². The van der Waals surface area contributed by atoms with E-state index < -0.39 is 0 Å². The standard InChI is InChI=1S/C23H22FN7O2/c1-16-26-20(22-27-23(33-28-22)17-6-8-25-9-7-17)14-31(16)15-21(32)30-12-10-29(11-13-30)19-4-2-18(24)3-5-19/h2-9,14H,10-13,15H2,1H3. The molecule has 4 heterocycles. The van der Waals surface area contributed by atoms with E-state index in [2.05, 4.69) is 25.0 Å². The highest BCUT2D eigenvalue weighted by Gasteiger charge is 2.23. The van der Waals surface area contributed by atoms with Gasteiger partial charge in [-0.3, -0.25) is 9.78 Å². The molecule has 0 aliphatic carbocycles. The molecule has 1 saturated heterocycles. The van der Waals surface area contributed by atoms with Crippen LogP contribution in [0.15, 0.2) is 59.5 Å². The number of aromatic nitrogens is 5. The second-order valence-electron chi connectivity index (χ2n) is 7.80. The second kappa shape index (κ2) is 8.81. The number of hydrogen-bond donors (Lipinski definition) is 0. The van der Waals surface area contributed by atoms with E-state index in [-0.39, 0.29) is 18.3 Å². The minimum absolute atomic E-state index is 0.0198. The fourth-order valence-electron chi connectivity index (χ4n) is 3.83. The normalized spacial score (nSPS) is 14.0. The molecule has 0 bridgehead atoms. The molecule has 0 unspecified atom stereocenters. The van der Waals surface area contributed by atoms with Crippen LogP contribution in [0.3, 0.4) is 0 Å². The summed E-state index contributed by atoms with van der Waals surface area (Å²) in [5, 5.41) is 4.02. The number of piperazine rings is 1. The molecule has 1 aromatic carbocycles. The van der Waals surface area contributed by atoms with Crippen LogP contribution in [-0.4, -0.2) is 61.7 Å². The van der Waals surface area contributed by atoms with E-state index >= 15 is 0 Å². The first-order chi connectivity index (χ1) is 16.1. The number of hydrogen-bond acceptors (Lipinski definition) is 7. The molecule has 1 aliphatic heterocycles. The number of carbonyl (C=O) groups is 1. The van der Waals surface area contributed by atoms with Gasteiger partial charge in [0, 0.05) is 56.0 Å². The smallest absolute Gasteiger partial charge is 0.258 e. The number of carbonyl (C=O) groups excluding carboxylic acids is 1. The topological polar surface area (TPSA) is 93.2 Å². The number of halogens is 1. The number of nitrogens with zero attached hydrogens (tertiary/aromatic N) is 7. The Kier molecular flexibility index (Phi) is 5.55. The molecular weight excluding hydrogens is 425 g/mol. The van der Waals surface area contributed by atoms with Crippen molar-refractivity contribution in [1.29, 1.82) is 0 Å². The van der Waals surface area contributed by atoms with E-state index in [1.54, 1.807) is 47.4 Å². The SMILES string of the molecule is Cc1nc(-c2noc(-c3ccncc3)n2)cn1CC(=O)N1CCN(c2ccc(F)cc2)CC1. The maximum Gasteiger partial charge on any atom is 0.258 e. The lowest BCUT2D eigenvalue weighted by Gasteiger charge is -2.36. The Morgan fingerprint density at radius 3 is 2.48 bits per heavy atom. The molecule has 0 spiro atoms. The Balaban J connectivity index is 1.22. The van der Waals surface area contributed by atoms with Crippen LogP contribution in [0.4, 0.5) is 10.1 Å². The fraction of sp³-hybridized carbons (Fsp3) is 0.261. The van der Waals surface area contributed by atoms with Gasteiger partial charge in [0.1, 0.15) is 23.9 Å². The summed E-state index contributed by atoms with van der Waals surface area (Å²) >= 11 is 0. The summed E-state index contributed by atoms with van der Waals surface area (Å²) in [6.07, 6.45) is 5.08. The predicted molar refractivity (Wildman–Crippen MR) is 119 cm³/mol. The van der Waals surface area contributed by atoms with Gasteiger partial charge in [-0.05, 0) is 43.3 Å². The highest BCUT2D eigenvalue weighted by molar-refractivity contribution is 5.76. The van der Waals surface area contributed by atoms with E-state index in [4.69, 9.17) is 4.52 Å². The van der Waals surface area contributed by atoms with Gasteiger partial charge in [-0.1, -0.05) is 5.16 Å². The minimum atomic E-state index is -0.253. The Morgan fingerprint density at radius 2 is 1.76 bits per heavy atom. The van der Waals surface area contributed by atoms with Crippen molar-refractivity contribution in [1.82, 2.24) is 29.6 Å². The quantitative estimate of drug-likeness (QED) is 0.464. The van der Waals surface area contributed by atoms with Crippen LogP contribution in [0, 0.1) is 12.7 Å². The Labute approximate surface area is 189 Å². The molecule has 0 N–H and O–H groups in total. The first-order valence-corrected chi connectivity index (χ1v) is 10.6. The molecule has 1 aliphatic rings. The van der Waals surface area contributed by atoms with Gasteiger partial charge in [0.25, 0.3) is 5.89 Å². The Bertz CT molecular complexity index is 1250. The van der Waals surface area contributed by atoms with Crippen molar-refractivity contribution < 1.29 is 13.7 Å². The third kappa shape index (κ3) is 4.45. The summed E-state index contributed by atoms with van der Waals surface area (Å²) in [6.45, 7) is 4.64. The maximum atomic E-state index is 13.2. The largest absolute Gasteiger partial charge is 0.368 e. The molecule has 3 aromatic heterocycles. The Morgan fingerprint density at radius 1 is 1.03 bits per heavy atom. The van der Waals surface area contributed by atoms with Crippen molar-refractivity contribution in [3.63, 3.8) is 0 Å². The van der Waals surface area contributed by atoms with E-state index in [0.29, 0.717) is 49.4 Å². The van der Waals surface area contributed by atoms with E-state index in [1.807, 2.05) is 11.8 Å². The lowest BCUT2D eigenvalue weighted by atomic mass is 10.2. The molecule has 0 radical (unpaired) electrons. The molecule has 10 heteroatoms. The third-order valence-electron chi connectivity index (χ3n) is 5.69. The van der Waals surface area contributed by atoms with Crippen molar-refractivity contribution in [2.75, 3.05) is 31.1 Å². The summed E-state index contributed by atoms with van der Waals surface area (Å²) in [6, 6.07) is 10.0.